The Balaban J connectivity index is 1.44. The third-order valence-electron chi connectivity index (χ3n) is 6.90. The van der Waals surface area contributed by atoms with Gasteiger partial charge < -0.3 is 25.0 Å². The van der Waals surface area contributed by atoms with E-state index >= 15 is 0 Å². The predicted octanol–water partition coefficient (Wildman–Crippen LogP) is 4.79. The van der Waals surface area contributed by atoms with E-state index in [0.29, 0.717) is 34.0 Å². The number of halogens is 1. The molecule has 1 unspecified atom stereocenters. The standard InChI is InChI=1S/C31H34ClN5O6/c1-5-6-25-21(9-12-24(19(3)38)29(25)40)14-22(39)17-43-28-15-27(18(2)13-26(28)32)33-31(41)30-34-35-36-37(30)16-20-7-10-23(42-4)11-8-20/h7-13,15,22,39-40H,5-6,14,16-17H2,1-4H3,(H,33,41). The van der Waals surface area contributed by atoms with Crippen LogP contribution in [0.4, 0.5) is 5.69 Å². The molecule has 0 spiro atoms. The van der Waals surface area contributed by atoms with E-state index in [0.717, 1.165) is 17.5 Å². The minimum atomic E-state index is -0.934. The summed E-state index contributed by atoms with van der Waals surface area (Å²) >= 11 is 6.42. The third-order valence-corrected chi connectivity index (χ3v) is 7.19. The van der Waals surface area contributed by atoms with E-state index in [1.807, 2.05) is 31.2 Å². The number of nitrogens with zero attached hydrogens (tertiary/aromatic N) is 4. The van der Waals surface area contributed by atoms with Crippen LogP contribution in [0, 0.1) is 6.92 Å². The number of hydrogen-bond acceptors (Lipinski definition) is 9. The summed E-state index contributed by atoms with van der Waals surface area (Å²) in [6.07, 6.45) is 0.587. The Bertz CT molecular complexity index is 1610. The maximum atomic E-state index is 13.1. The molecule has 4 rings (SSSR count). The van der Waals surface area contributed by atoms with Crippen molar-refractivity contribution in [3.63, 3.8) is 0 Å². The molecule has 226 valence electrons. The van der Waals surface area contributed by atoms with Crippen molar-refractivity contribution in [1.29, 1.82) is 0 Å². The zero-order valence-corrected chi connectivity index (χ0v) is 25.2. The fourth-order valence-corrected chi connectivity index (χ4v) is 4.91. The number of amides is 1. The number of ether oxygens (including phenoxy) is 2. The smallest absolute Gasteiger partial charge is 0.295 e. The number of aliphatic hydroxyl groups is 1. The number of nitrogens with one attached hydrogen (secondary N) is 1. The summed E-state index contributed by atoms with van der Waals surface area (Å²) < 4.78 is 12.4. The lowest BCUT2D eigenvalue weighted by Gasteiger charge is -2.18. The van der Waals surface area contributed by atoms with Crippen molar-refractivity contribution in [2.24, 2.45) is 0 Å². The lowest BCUT2D eigenvalue weighted by molar-refractivity contribution is 0.0999. The molecule has 0 fully saturated rings. The fourth-order valence-electron chi connectivity index (χ4n) is 4.64. The van der Waals surface area contributed by atoms with E-state index in [-0.39, 0.29) is 48.2 Å². The Labute approximate surface area is 254 Å². The van der Waals surface area contributed by atoms with Crippen molar-refractivity contribution < 1.29 is 29.3 Å². The molecule has 0 saturated carbocycles. The molecule has 12 heteroatoms. The van der Waals surface area contributed by atoms with Gasteiger partial charge in [-0.15, -0.1) is 5.10 Å². The second-order valence-electron chi connectivity index (χ2n) is 10.1. The molecular weight excluding hydrogens is 574 g/mol. The van der Waals surface area contributed by atoms with Crippen LogP contribution < -0.4 is 14.8 Å². The van der Waals surface area contributed by atoms with Crippen LogP contribution in [0.1, 0.15) is 63.5 Å². The average molecular weight is 608 g/mol. The highest BCUT2D eigenvalue weighted by Crippen LogP contribution is 2.32. The van der Waals surface area contributed by atoms with E-state index in [9.17, 15) is 19.8 Å². The normalized spacial score (nSPS) is 11.7. The van der Waals surface area contributed by atoms with E-state index in [1.165, 1.54) is 11.6 Å². The summed E-state index contributed by atoms with van der Waals surface area (Å²) in [6.45, 7) is 5.34. The molecule has 0 aliphatic carbocycles. The molecular formula is C31H34ClN5O6. The molecule has 1 aromatic heterocycles. The SMILES string of the molecule is CCCc1c(CC(O)COc2cc(NC(=O)c3nnnn3Cc3ccc(OC)cc3)c(C)cc2Cl)ccc(C(C)=O)c1O. The van der Waals surface area contributed by atoms with Crippen LogP contribution in [0.25, 0.3) is 0 Å². The Morgan fingerprint density at radius 1 is 1.14 bits per heavy atom. The highest BCUT2D eigenvalue weighted by atomic mass is 35.5. The molecule has 0 radical (unpaired) electrons. The van der Waals surface area contributed by atoms with Gasteiger partial charge in [-0.05, 0) is 77.2 Å². The van der Waals surface area contributed by atoms with Crippen LogP contribution in [-0.4, -0.2) is 61.9 Å². The molecule has 0 aliphatic rings. The number of rotatable bonds is 13. The zero-order chi connectivity index (χ0) is 31.1. The first-order chi connectivity index (χ1) is 20.6. The van der Waals surface area contributed by atoms with Crippen molar-refractivity contribution in [2.45, 2.75) is 52.7 Å². The highest BCUT2D eigenvalue weighted by Gasteiger charge is 2.20. The quantitative estimate of drug-likeness (QED) is 0.182. The third kappa shape index (κ3) is 7.68. The number of aliphatic hydroxyl groups excluding tert-OH is 1. The van der Waals surface area contributed by atoms with Gasteiger partial charge in [0.25, 0.3) is 5.91 Å². The maximum Gasteiger partial charge on any atom is 0.295 e. The van der Waals surface area contributed by atoms with Gasteiger partial charge in [-0.2, -0.15) is 0 Å². The Hall–Kier alpha value is -4.48. The van der Waals surface area contributed by atoms with Gasteiger partial charge >= 0.3 is 0 Å². The lowest BCUT2D eigenvalue weighted by atomic mass is 9.94. The summed E-state index contributed by atoms with van der Waals surface area (Å²) in [5, 5.41) is 36.0. The molecule has 1 atom stereocenters. The maximum absolute atomic E-state index is 13.1. The van der Waals surface area contributed by atoms with Crippen LogP contribution in [0.3, 0.4) is 0 Å². The van der Waals surface area contributed by atoms with E-state index in [1.54, 1.807) is 38.3 Å². The van der Waals surface area contributed by atoms with Gasteiger partial charge in [0.1, 0.15) is 23.9 Å². The number of hydrogen-bond donors (Lipinski definition) is 3. The van der Waals surface area contributed by atoms with E-state index < -0.39 is 12.0 Å². The first kappa shape index (κ1) is 31.5. The van der Waals surface area contributed by atoms with Crippen molar-refractivity contribution in [3.8, 4) is 17.2 Å². The minimum absolute atomic E-state index is 0.0185. The number of tetrazole rings is 1. The number of methoxy groups -OCH3 is 1. The number of phenolic OH excluding ortho intramolecular Hbond substituents is 1. The summed E-state index contributed by atoms with van der Waals surface area (Å²) in [4.78, 5) is 25.0. The van der Waals surface area contributed by atoms with Crippen molar-refractivity contribution in [1.82, 2.24) is 20.2 Å². The zero-order valence-electron chi connectivity index (χ0n) is 24.4. The van der Waals surface area contributed by atoms with Gasteiger partial charge in [-0.3, -0.25) is 9.59 Å². The fraction of sp³-hybridized carbons (Fsp3) is 0.323. The summed E-state index contributed by atoms with van der Waals surface area (Å²) in [5.74, 6) is 0.208. The van der Waals surface area contributed by atoms with Gasteiger partial charge in [0.2, 0.25) is 5.82 Å². The van der Waals surface area contributed by atoms with Gasteiger partial charge in [-0.1, -0.05) is 43.1 Å². The Morgan fingerprint density at radius 2 is 1.88 bits per heavy atom. The molecule has 3 N–H and O–H groups in total. The number of phenols is 1. The van der Waals surface area contributed by atoms with Crippen molar-refractivity contribution in [3.05, 3.63) is 87.2 Å². The van der Waals surface area contributed by atoms with Gasteiger partial charge in [0.15, 0.2) is 5.78 Å². The van der Waals surface area contributed by atoms with Gasteiger partial charge in [0, 0.05) is 18.2 Å². The van der Waals surface area contributed by atoms with Crippen molar-refractivity contribution in [2.75, 3.05) is 19.0 Å². The van der Waals surface area contributed by atoms with Crippen LogP contribution in [0.2, 0.25) is 5.02 Å². The summed E-state index contributed by atoms with van der Waals surface area (Å²) in [5.41, 5.74) is 3.64. The monoisotopic (exact) mass is 607 g/mol. The number of aromatic nitrogens is 4. The first-order valence-corrected chi connectivity index (χ1v) is 14.1. The number of carbonyl (C=O) groups is 2. The summed E-state index contributed by atoms with van der Waals surface area (Å²) in [7, 11) is 1.59. The van der Waals surface area contributed by atoms with E-state index in [2.05, 4.69) is 20.8 Å². The topological polar surface area (TPSA) is 149 Å². The van der Waals surface area contributed by atoms with Crippen molar-refractivity contribution >= 4 is 29.0 Å². The lowest BCUT2D eigenvalue weighted by Crippen LogP contribution is -2.22. The molecule has 3 aromatic carbocycles. The number of carbonyl (C=O) groups excluding carboxylic acids is 2. The molecule has 4 aromatic rings. The molecule has 11 nitrogen and oxygen atoms in total. The van der Waals surface area contributed by atoms with Crippen LogP contribution >= 0.6 is 11.6 Å². The van der Waals surface area contributed by atoms with Gasteiger partial charge in [0.05, 0.1) is 30.3 Å². The Kier molecular flexibility index (Phi) is 10.3. The largest absolute Gasteiger partial charge is 0.507 e. The number of benzene rings is 3. The Morgan fingerprint density at radius 3 is 2.56 bits per heavy atom. The van der Waals surface area contributed by atoms with Crippen LogP contribution in [-0.2, 0) is 19.4 Å². The molecule has 1 heterocycles. The predicted molar refractivity (Wildman–Crippen MR) is 161 cm³/mol. The number of anilines is 1. The molecule has 0 saturated heterocycles. The number of Topliss-reactive ketones (excluding diaryl/α,β-unsaturated/α-hetero) is 1. The second kappa shape index (κ2) is 14.1. The molecule has 0 aliphatic heterocycles. The summed E-state index contributed by atoms with van der Waals surface area (Å²) in [6, 6.07) is 13.9. The van der Waals surface area contributed by atoms with E-state index in [4.69, 9.17) is 21.1 Å². The minimum Gasteiger partial charge on any atom is -0.507 e. The average Bonchev–Trinajstić information content (AvgIpc) is 3.44. The highest BCUT2D eigenvalue weighted by molar-refractivity contribution is 6.32. The molecule has 1 amide bonds. The first-order valence-electron chi connectivity index (χ1n) is 13.8. The second-order valence-corrected chi connectivity index (χ2v) is 10.5. The van der Waals surface area contributed by atoms with Gasteiger partial charge in [-0.25, -0.2) is 4.68 Å². The number of aromatic hydroxyl groups is 1. The molecule has 0 bridgehead atoms. The number of ketones is 1. The molecule has 43 heavy (non-hydrogen) atoms. The van der Waals surface area contributed by atoms with Crippen LogP contribution in [0.15, 0.2) is 48.5 Å². The van der Waals surface area contributed by atoms with Crippen LogP contribution in [0.5, 0.6) is 17.2 Å². The number of aryl methyl sites for hydroxylation is 1.